The number of carbonyl (C=O) groups is 2. The van der Waals surface area contributed by atoms with E-state index in [9.17, 15) is 14.0 Å². The molecule has 4 atom stereocenters. The fraction of sp³-hybridized carbons (Fsp3) is 0.519. The number of hydrogen-bond donors (Lipinski definition) is 0. The van der Waals surface area contributed by atoms with Crippen molar-refractivity contribution in [3.8, 4) is 0 Å². The lowest BCUT2D eigenvalue weighted by atomic mass is 9.81. The fourth-order valence-corrected chi connectivity index (χ4v) is 6.64. The van der Waals surface area contributed by atoms with E-state index in [-0.39, 0.29) is 16.5 Å². The Morgan fingerprint density at radius 1 is 1.15 bits per heavy atom. The zero-order valence-electron chi connectivity index (χ0n) is 21.9. The molecular weight excluding hydrogens is 529 g/mol. The van der Waals surface area contributed by atoms with Crippen LogP contribution in [-0.4, -0.2) is 56.3 Å². The van der Waals surface area contributed by atoms with Crippen LogP contribution in [0.2, 0.25) is 5.28 Å². The number of nitrogens with zero attached hydrogens (tertiary/aromatic N) is 5. The van der Waals surface area contributed by atoms with Gasteiger partial charge in [0.2, 0.25) is 5.28 Å². The fourth-order valence-electron chi connectivity index (χ4n) is 6.48. The molecular formula is C27H29ClFN5O5. The lowest BCUT2D eigenvalue weighted by Gasteiger charge is -2.25. The van der Waals surface area contributed by atoms with Gasteiger partial charge in [-0.2, -0.15) is 9.97 Å². The number of fused-ring (bicyclic) bond motifs is 3. The van der Waals surface area contributed by atoms with E-state index in [0.717, 1.165) is 36.9 Å². The quantitative estimate of drug-likeness (QED) is 0.324. The third kappa shape index (κ3) is 4.31. The molecule has 0 N–H and O–H groups in total. The number of aromatic nitrogens is 4. The highest BCUT2D eigenvalue weighted by atomic mass is 35.5. The van der Waals surface area contributed by atoms with Crippen molar-refractivity contribution in [2.75, 3.05) is 11.4 Å². The average molecular weight is 558 g/mol. The highest BCUT2D eigenvalue weighted by Crippen LogP contribution is 2.53. The maximum atomic E-state index is 14.5. The number of carbonyl (C=O) groups excluding carboxylic acids is 2. The first-order valence-corrected chi connectivity index (χ1v) is 13.6. The van der Waals surface area contributed by atoms with Gasteiger partial charge < -0.3 is 19.1 Å². The van der Waals surface area contributed by atoms with E-state index in [1.54, 1.807) is 4.57 Å². The molecule has 0 bridgehead atoms. The summed E-state index contributed by atoms with van der Waals surface area (Å²) < 4.78 is 33.5. The van der Waals surface area contributed by atoms with E-state index in [4.69, 9.17) is 25.8 Å². The van der Waals surface area contributed by atoms with Crippen molar-refractivity contribution < 1.29 is 28.2 Å². The maximum absolute atomic E-state index is 14.5. The normalized spacial score (nSPS) is 25.4. The second-order valence-electron chi connectivity index (χ2n) is 10.5. The first-order chi connectivity index (χ1) is 18.7. The number of rotatable bonds is 5. The molecule has 1 saturated carbocycles. The molecule has 2 fully saturated rings. The number of imidazole rings is 1. The number of ether oxygens (including phenoxy) is 3. The summed E-state index contributed by atoms with van der Waals surface area (Å²) in [4.78, 5) is 39.5. The Morgan fingerprint density at radius 3 is 2.56 bits per heavy atom. The van der Waals surface area contributed by atoms with Crippen molar-refractivity contribution in [2.24, 2.45) is 0 Å². The summed E-state index contributed by atoms with van der Waals surface area (Å²) in [6.45, 7) is 5.10. The minimum Gasteiger partial charge on any atom is -0.456 e. The average Bonchev–Trinajstić information content (AvgIpc) is 3.65. The summed E-state index contributed by atoms with van der Waals surface area (Å²) in [5, 5.41) is -0.0183. The van der Waals surface area contributed by atoms with Crippen LogP contribution in [0, 0.1) is 5.82 Å². The molecule has 2 aromatic heterocycles. The van der Waals surface area contributed by atoms with Gasteiger partial charge in [0.25, 0.3) is 0 Å². The number of anilines is 2. The summed E-state index contributed by atoms with van der Waals surface area (Å²) in [6.07, 6.45) is 3.12. The number of esters is 2. The van der Waals surface area contributed by atoms with Crippen LogP contribution in [0.15, 0.2) is 24.5 Å². The zero-order chi connectivity index (χ0) is 27.5. The van der Waals surface area contributed by atoms with Gasteiger partial charge >= 0.3 is 11.9 Å². The van der Waals surface area contributed by atoms with E-state index in [0.29, 0.717) is 29.9 Å². The molecule has 39 heavy (non-hydrogen) atoms. The van der Waals surface area contributed by atoms with E-state index < -0.39 is 36.5 Å². The molecule has 0 amide bonds. The third-order valence-electron chi connectivity index (χ3n) is 8.04. The van der Waals surface area contributed by atoms with Crippen LogP contribution in [0.3, 0.4) is 0 Å². The molecule has 2 aliphatic heterocycles. The second-order valence-corrected chi connectivity index (χ2v) is 10.8. The van der Waals surface area contributed by atoms with Crippen LogP contribution in [0.5, 0.6) is 0 Å². The molecule has 1 aliphatic carbocycles. The minimum absolute atomic E-state index is 0.0183. The predicted octanol–water partition coefficient (Wildman–Crippen LogP) is 4.75. The molecule has 1 saturated heterocycles. The minimum atomic E-state index is -0.936. The lowest BCUT2D eigenvalue weighted by molar-refractivity contribution is -0.165. The van der Waals surface area contributed by atoms with Crippen molar-refractivity contribution >= 4 is 46.2 Å². The second kappa shape index (κ2) is 9.71. The van der Waals surface area contributed by atoms with Crippen molar-refractivity contribution in [3.05, 3.63) is 41.2 Å². The van der Waals surface area contributed by atoms with E-state index in [1.165, 1.54) is 32.3 Å². The summed E-state index contributed by atoms with van der Waals surface area (Å²) in [5.74, 6) is -0.923. The summed E-state index contributed by atoms with van der Waals surface area (Å²) in [5.41, 5.74) is 2.57. The van der Waals surface area contributed by atoms with Crippen LogP contribution >= 0.6 is 11.6 Å². The van der Waals surface area contributed by atoms with Gasteiger partial charge in [0.05, 0.1) is 6.33 Å². The van der Waals surface area contributed by atoms with Crippen LogP contribution < -0.4 is 4.90 Å². The van der Waals surface area contributed by atoms with Gasteiger partial charge in [0.15, 0.2) is 35.4 Å². The summed E-state index contributed by atoms with van der Waals surface area (Å²) in [6, 6.07) is 4.92. The lowest BCUT2D eigenvalue weighted by Crippen LogP contribution is -2.38. The first-order valence-electron chi connectivity index (χ1n) is 13.2. The van der Waals surface area contributed by atoms with Crippen LogP contribution in [0.25, 0.3) is 11.2 Å². The van der Waals surface area contributed by atoms with Crippen LogP contribution in [0.4, 0.5) is 15.9 Å². The monoisotopic (exact) mass is 557 g/mol. The number of benzene rings is 1. The Morgan fingerprint density at radius 2 is 1.87 bits per heavy atom. The Kier molecular flexibility index (Phi) is 6.46. The van der Waals surface area contributed by atoms with Crippen molar-refractivity contribution in [1.82, 2.24) is 19.5 Å². The van der Waals surface area contributed by atoms with E-state index in [2.05, 4.69) is 15.0 Å². The SMILES string of the molecule is CC[C@H]1O[C@@H](n2cnc3c(N4CC5(CCCC5)c5ccc(F)cc54)nc(Cl)nc32)[C@@H](OC(C)=O)C1OC(C)=O. The molecule has 3 aromatic rings. The summed E-state index contributed by atoms with van der Waals surface area (Å²) in [7, 11) is 0. The molecule has 10 nitrogen and oxygen atoms in total. The standard InChI is InChI=1S/C27H29ClFN5O5/c1-4-19-21(37-14(2)35)22(38-15(3)36)25(39-19)34-13-30-20-23(31-26(28)32-24(20)34)33-12-27(9-5-6-10-27)17-8-7-16(29)11-18(17)33/h7-8,11,13,19,21-22,25H,4-6,9-10,12H2,1-3H3/t19-,21?,22+,25-/m1/s1. The molecule has 0 radical (unpaired) electrons. The smallest absolute Gasteiger partial charge is 0.303 e. The van der Waals surface area contributed by atoms with Gasteiger partial charge in [-0.1, -0.05) is 25.8 Å². The number of hydrogen-bond acceptors (Lipinski definition) is 9. The van der Waals surface area contributed by atoms with Crippen molar-refractivity contribution in [2.45, 2.75) is 82.8 Å². The summed E-state index contributed by atoms with van der Waals surface area (Å²) >= 11 is 6.46. The third-order valence-corrected chi connectivity index (χ3v) is 8.21. The topological polar surface area (TPSA) is 109 Å². The first kappa shape index (κ1) is 25.9. The van der Waals surface area contributed by atoms with Crippen molar-refractivity contribution in [3.63, 3.8) is 0 Å². The van der Waals surface area contributed by atoms with Gasteiger partial charge in [0, 0.05) is 31.5 Å². The maximum Gasteiger partial charge on any atom is 0.303 e. The Hall–Kier alpha value is -3.31. The van der Waals surface area contributed by atoms with Crippen LogP contribution in [0.1, 0.15) is 64.7 Å². The van der Waals surface area contributed by atoms with E-state index in [1.807, 2.05) is 17.9 Å². The van der Waals surface area contributed by atoms with Crippen LogP contribution in [-0.2, 0) is 29.2 Å². The Bertz CT molecular complexity index is 1460. The molecule has 3 aliphatic rings. The van der Waals surface area contributed by atoms with E-state index >= 15 is 0 Å². The Balaban J connectivity index is 1.46. The molecule has 12 heteroatoms. The predicted molar refractivity (Wildman–Crippen MR) is 139 cm³/mol. The van der Waals surface area contributed by atoms with Gasteiger partial charge in [0.1, 0.15) is 11.9 Å². The molecule has 4 heterocycles. The van der Waals surface area contributed by atoms with Gasteiger partial charge in [-0.3, -0.25) is 14.2 Å². The highest BCUT2D eigenvalue weighted by Gasteiger charge is 2.50. The molecule has 1 spiro atoms. The molecule has 6 rings (SSSR count). The van der Waals surface area contributed by atoms with Gasteiger partial charge in [-0.05, 0) is 48.6 Å². The van der Waals surface area contributed by atoms with Gasteiger partial charge in [-0.25, -0.2) is 9.37 Å². The zero-order valence-corrected chi connectivity index (χ0v) is 22.7. The number of halogens is 2. The molecule has 1 unspecified atom stereocenters. The molecule has 206 valence electrons. The Labute approximate surface area is 229 Å². The largest absolute Gasteiger partial charge is 0.456 e. The van der Waals surface area contributed by atoms with Gasteiger partial charge in [-0.15, -0.1) is 0 Å². The highest BCUT2D eigenvalue weighted by molar-refractivity contribution is 6.28. The molecule has 1 aromatic carbocycles. The van der Waals surface area contributed by atoms with Crippen molar-refractivity contribution in [1.29, 1.82) is 0 Å².